The number of hydrogen-bond donors (Lipinski definition) is 9. The van der Waals surface area contributed by atoms with Gasteiger partial charge in [0.15, 0.2) is 11.7 Å². The number of aliphatic hydroxyl groups excluding tert-OH is 1. The number of aromatic amines is 1. The van der Waals surface area contributed by atoms with Gasteiger partial charge >= 0.3 is 7.60 Å². The largest absolute Gasteiger partial charge is 0.490 e. The number of aryl methyl sites for hydroxylation is 3. The highest BCUT2D eigenvalue weighted by Crippen LogP contribution is 2.45. The first kappa shape index (κ1) is 72.4. The molecule has 3 saturated heterocycles. The second-order valence-corrected chi connectivity index (χ2v) is 29.3. The molecule has 0 radical (unpaired) electrons. The number of likely N-dealkylation sites (tertiary alicyclic amines) is 1. The lowest BCUT2D eigenvalue weighted by atomic mass is 9.84. The van der Waals surface area contributed by atoms with Crippen molar-refractivity contribution in [3.05, 3.63) is 117 Å². The van der Waals surface area contributed by atoms with Gasteiger partial charge in [0.25, 0.3) is 11.4 Å². The number of benzene rings is 3. The first-order valence-corrected chi connectivity index (χ1v) is 35.8. The number of aliphatic hydroxyl groups is 1. The lowest BCUT2D eigenvalue weighted by molar-refractivity contribution is -0.145. The summed E-state index contributed by atoms with van der Waals surface area (Å²) in [7, 11) is -5.10. The SMILES string of the molecule is CC(=O)N1CC[C@H]2CC[C@@H](C(=O)N[C@@H](CCC(N)=O)COc3cccc(CCCCCNC(=O)C[C@H](NC(=O)[C@@H]4C[C@@H](O)CN4C(=O)[C@H]4n5nnc(C6CC6)c5COCC4(C)C)c4ccc(-c5oc(C)nc5C)cc4)c3Cl)N2C(=O)[C@@H](NC(=O)c2cc3cc(C(=O)P(=O)(O)O)ccc3[nH]2)C1. The topological polar surface area (TPSA) is 406 Å². The Hall–Kier alpha value is -8.86. The zero-order valence-corrected chi connectivity index (χ0v) is 58.0. The molecule has 1 saturated carbocycles. The van der Waals surface area contributed by atoms with Crippen LogP contribution in [0.3, 0.4) is 0 Å². The first-order valence-electron chi connectivity index (χ1n) is 33.8. The fourth-order valence-electron chi connectivity index (χ4n) is 14.0. The fourth-order valence-corrected chi connectivity index (χ4v) is 14.8. The molecule has 29 nitrogen and oxygen atoms in total. The molecule has 3 aromatic heterocycles. The van der Waals surface area contributed by atoms with E-state index in [1.165, 1.54) is 45.9 Å². The number of aromatic nitrogens is 5. The number of hydrogen-bond acceptors (Lipinski definition) is 17. The van der Waals surface area contributed by atoms with Crippen LogP contribution < -0.4 is 31.7 Å². The summed E-state index contributed by atoms with van der Waals surface area (Å²) >= 11 is 6.98. The second-order valence-electron chi connectivity index (χ2n) is 27.5. The van der Waals surface area contributed by atoms with Crippen LogP contribution in [0.4, 0.5) is 0 Å². The number of nitrogens with two attached hydrogens (primary N) is 1. The zero-order chi connectivity index (χ0) is 71.5. The van der Waals surface area contributed by atoms with Crippen molar-refractivity contribution < 1.29 is 76.5 Å². The Balaban J connectivity index is 0.693. The molecule has 0 spiro atoms. The molecule has 3 aromatic carbocycles. The van der Waals surface area contributed by atoms with Gasteiger partial charge in [0.2, 0.25) is 41.4 Å². The van der Waals surface area contributed by atoms with Gasteiger partial charge in [-0.15, -0.1) is 5.10 Å². The Morgan fingerprint density at radius 2 is 1.68 bits per heavy atom. The third-order valence-electron chi connectivity index (χ3n) is 19.4. The van der Waals surface area contributed by atoms with E-state index in [9.17, 15) is 62.6 Å². The summed E-state index contributed by atoms with van der Waals surface area (Å²) in [5.74, 6) is -2.44. The molecule has 4 aliphatic heterocycles. The summed E-state index contributed by atoms with van der Waals surface area (Å²) in [6, 6.07) is 11.4. The Morgan fingerprint density at radius 3 is 2.39 bits per heavy atom. The molecule has 6 aromatic rings. The lowest BCUT2D eigenvalue weighted by Crippen LogP contribution is -2.61. The molecular formula is C69H85ClN13O16P. The number of primary amides is 1. The summed E-state index contributed by atoms with van der Waals surface area (Å²) in [6.45, 7) is 9.38. The molecule has 31 heteroatoms. The Kier molecular flexibility index (Phi) is 22.1. The fraction of sp³-hybridized carbons (Fsp3) is 0.507. The van der Waals surface area contributed by atoms with Crippen LogP contribution >= 0.6 is 19.2 Å². The molecule has 1 aliphatic carbocycles. The molecule has 8 amide bonds. The highest BCUT2D eigenvalue weighted by molar-refractivity contribution is 7.70. The Labute approximate surface area is 581 Å². The minimum absolute atomic E-state index is 0.0165. The number of ether oxygens (including phenoxy) is 2. The van der Waals surface area contributed by atoms with Crippen molar-refractivity contribution in [2.75, 3.05) is 39.4 Å². The van der Waals surface area contributed by atoms with Crippen molar-refractivity contribution in [1.29, 1.82) is 0 Å². The number of nitrogens with one attached hydrogen (secondary N) is 5. The van der Waals surface area contributed by atoms with Crippen LogP contribution in [0.25, 0.3) is 22.2 Å². The summed E-state index contributed by atoms with van der Waals surface area (Å²) < 4.78 is 31.5. The number of oxazole rings is 1. The van der Waals surface area contributed by atoms with Crippen LogP contribution in [-0.4, -0.2) is 183 Å². The smallest absolute Gasteiger partial charge is 0.396 e. The number of amides is 8. The molecule has 0 bridgehead atoms. The number of halogens is 1. The maximum absolute atomic E-state index is 14.9. The standard InChI is InChI=1S/C69H85ClN13O16P/c1-37-61(99-38(2)73-37)43-17-13-40(14-18-43)50(76-65(90)54-30-48(85)32-81(54)67(92)62-69(4,5)36-97-35-55-60(42-15-16-42)78-79-83(55)62)31-58(87)72-26-8-6-7-10-41-11-9-12-56(59(41)70)98-34-46(20-24-57(71)86)74-64(89)53-23-21-47-25-27-80(39(3)84)33-52(66(91)82(47)53)77-63(88)51-29-45-28-44(19-22-49(45)75-51)68(93)100(94,95)96/h9,11-14,17-19,22,28-29,42,46-48,50,52-54,62,75,85H,6-8,10,15-16,20-21,23-27,30-36H2,1-5H3,(H2,71,86)(H,72,87)(H,74,89)(H,76,90)(H,77,88)(H2,94,95,96)/t46-,47+,48+,50-,52-,53-,54-,62+/m0/s1. The van der Waals surface area contributed by atoms with E-state index in [-0.39, 0.29) is 112 Å². The van der Waals surface area contributed by atoms with Crippen molar-refractivity contribution in [1.82, 2.24) is 60.9 Å². The average molecular weight is 1420 g/mol. The van der Waals surface area contributed by atoms with Crippen molar-refractivity contribution >= 4 is 82.9 Å². The normalized spacial score (nSPS) is 21.2. The van der Waals surface area contributed by atoms with Crippen LogP contribution in [0.2, 0.25) is 5.02 Å². The van der Waals surface area contributed by atoms with Crippen molar-refractivity contribution in [3.8, 4) is 17.1 Å². The average Bonchev–Trinajstić information content (AvgIpc) is 1.59. The Morgan fingerprint density at radius 1 is 0.920 bits per heavy atom. The monoisotopic (exact) mass is 1420 g/mol. The van der Waals surface area contributed by atoms with Crippen molar-refractivity contribution in [3.63, 3.8) is 0 Å². The second kappa shape index (κ2) is 30.5. The highest BCUT2D eigenvalue weighted by atomic mass is 35.5. The van der Waals surface area contributed by atoms with Crippen LogP contribution in [0, 0.1) is 19.3 Å². The molecular weight excluding hydrogens is 1330 g/mol. The van der Waals surface area contributed by atoms with Gasteiger partial charge in [0.1, 0.15) is 42.2 Å². The maximum atomic E-state index is 14.9. The molecule has 4 fully saturated rings. The summed E-state index contributed by atoms with van der Waals surface area (Å²) in [5.41, 5.74) is 7.89. The van der Waals surface area contributed by atoms with Gasteiger partial charge in [-0.1, -0.05) is 73.5 Å². The van der Waals surface area contributed by atoms with Gasteiger partial charge < -0.3 is 75.5 Å². The van der Waals surface area contributed by atoms with Crippen LogP contribution in [-0.2, 0) is 55.9 Å². The molecule has 5 aliphatic rings. The van der Waals surface area contributed by atoms with E-state index in [2.05, 4.69) is 41.5 Å². The third kappa shape index (κ3) is 16.6. The van der Waals surface area contributed by atoms with E-state index in [0.29, 0.717) is 84.3 Å². The number of rotatable bonds is 26. The van der Waals surface area contributed by atoms with E-state index in [1.807, 2.05) is 51.1 Å². The van der Waals surface area contributed by atoms with Gasteiger partial charge in [0, 0.05) is 92.3 Å². The minimum Gasteiger partial charge on any atom is -0.490 e. The first-order chi connectivity index (χ1) is 47.6. The number of β-amino-alcohol motifs (C(OH)–C–C–N with tert-alkyl or cyclic N) is 1. The van der Waals surface area contributed by atoms with Gasteiger partial charge in [-0.2, -0.15) is 0 Å². The van der Waals surface area contributed by atoms with Crippen molar-refractivity contribution in [2.45, 2.75) is 179 Å². The predicted molar refractivity (Wildman–Crippen MR) is 362 cm³/mol. The highest BCUT2D eigenvalue weighted by Gasteiger charge is 2.50. The van der Waals surface area contributed by atoms with E-state index in [0.717, 1.165) is 35.4 Å². The lowest BCUT2D eigenvalue weighted by Gasteiger charge is -2.38. The molecule has 0 unspecified atom stereocenters. The quantitative estimate of drug-likeness (QED) is 0.0247. The van der Waals surface area contributed by atoms with Crippen molar-refractivity contribution in [2.24, 2.45) is 11.1 Å². The minimum atomic E-state index is -5.10. The number of carbonyl (C=O) groups is 9. The number of unbranched alkanes of at least 4 members (excludes halogenated alkanes) is 2. The summed E-state index contributed by atoms with van der Waals surface area (Å²) in [4.78, 5) is 154. The number of H-pyrrole nitrogens is 1. The van der Waals surface area contributed by atoms with Gasteiger partial charge in [-0.05, 0) is 106 Å². The third-order valence-corrected chi connectivity index (χ3v) is 20.6. The Bertz CT molecular complexity index is 4160. The van der Waals surface area contributed by atoms with E-state index < -0.39 is 96.5 Å². The van der Waals surface area contributed by atoms with Crippen LogP contribution in [0.1, 0.15) is 171 Å². The van der Waals surface area contributed by atoms with E-state index >= 15 is 0 Å². The molecule has 11 rings (SSSR count). The summed E-state index contributed by atoms with van der Waals surface area (Å²) in [6.07, 6.45) is 4.26. The molecule has 534 valence electrons. The molecule has 8 atom stereocenters. The molecule has 100 heavy (non-hydrogen) atoms. The number of nitrogens with zero attached hydrogens (tertiary/aromatic N) is 7. The zero-order valence-electron chi connectivity index (χ0n) is 56.4. The number of fused-ring (bicyclic) bond motifs is 3. The van der Waals surface area contributed by atoms with Crippen LogP contribution in [0.5, 0.6) is 5.75 Å². The predicted octanol–water partition coefficient (Wildman–Crippen LogP) is 5.26. The summed E-state index contributed by atoms with van der Waals surface area (Å²) in [5, 5.41) is 32.5. The maximum Gasteiger partial charge on any atom is 0.396 e. The van der Waals surface area contributed by atoms with E-state index in [1.54, 1.807) is 23.7 Å². The van der Waals surface area contributed by atoms with Gasteiger partial charge in [-0.3, -0.25) is 47.7 Å². The van der Waals surface area contributed by atoms with Crippen LogP contribution in [0.15, 0.2) is 71.1 Å². The molecule has 10 N–H and O–H groups in total. The van der Waals surface area contributed by atoms with E-state index in [4.69, 9.17) is 31.2 Å². The van der Waals surface area contributed by atoms with Gasteiger partial charge in [0.05, 0.1) is 59.9 Å². The molecule has 7 heterocycles. The number of carbonyl (C=O) groups excluding carboxylic acids is 9. The van der Waals surface area contributed by atoms with Gasteiger partial charge in [-0.25, -0.2) is 9.67 Å².